The van der Waals surface area contributed by atoms with E-state index in [1.807, 2.05) is 36.4 Å². The van der Waals surface area contributed by atoms with Crippen molar-refractivity contribution >= 4 is 29.3 Å². The van der Waals surface area contributed by atoms with E-state index in [2.05, 4.69) is 20.5 Å². The predicted octanol–water partition coefficient (Wildman–Crippen LogP) is 3.64. The van der Waals surface area contributed by atoms with Gasteiger partial charge in [-0.15, -0.1) is 0 Å². The van der Waals surface area contributed by atoms with Crippen molar-refractivity contribution in [1.82, 2.24) is 20.7 Å². The summed E-state index contributed by atoms with van der Waals surface area (Å²) in [6, 6.07) is 15.0. The number of aliphatic hydroxyl groups is 1. The Balaban J connectivity index is 1.38. The van der Waals surface area contributed by atoms with Crippen molar-refractivity contribution in [3.63, 3.8) is 0 Å². The SMILES string of the molecule is O=C(CCCCC(=O)Nc1ccc([C@@H]2O[C@H](CSc3ncn[nH]3)C[C@H](c3ccc(CO)cc3)O2)cc1)NO. The third-order valence-corrected chi connectivity index (χ3v) is 7.07. The molecule has 2 amide bonds. The van der Waals surface area contributed by atoms with Gasteiger partial charge in [-0.1, -0.05) is 48.2 Å². The molecule has 1 aromatic heterocycles. The van der Waals surface area contributed by atoms with Crippen LogP contribution in [0.15, 0.2) is 60.0 Å². The van der Waals surface area contributed by atoms with E-state index in [0.29, 0.717) is 30.7 Å². The van der Waals surface area contributed by atoms with Gasteiger partial charge < -0.3 is 19.9 Å². The number of hydrogen-bond acceptors (Lipinski definition) is 9. The molecule has 1 saturated heterocycles. The Bertz CT molecular complexity index is 1160. The fourth-order valence-electron chi connectivity index (χ4n) is 4.03. The smallest absolute Gasteiger partial charge is 0.243 e. The molecule has 4 rings (SSSR count). The average molecular weight is 542 g/mol. The highest BCUT2D eigenvalue weighted by molar-refractivity contribution is 7.99. The zero-order chi connectivity index (χ0) is 26.7. The van der Waals surface area contributed by atoms with Crippen LogP contribution in [0.1, 0.15) is 61.2 Å². The first-order valence-electron chi connectivity index (χ1n) is 12.4. The summed E-state index contributed by atoms with van der Waals surface area (Å²) in [7, 11) is 0. The van der Waals surface area contributed by atoms with Crippen LogP contribution in [0.2, 0.25) is 0 Å². The number of nitrogens with one attached hydrogen (secondary N) is 3. The first-order chi connectivity index (χ1) is 18.5. The van der Waals surface area contributed by atoms with Crippen LogP contribution in [0.5, 0.6) is 0 Å². The highest BCUT2D eigenvalue weighted by Gasteiger charge is 2.32. The highest BCUT2D eigenvalue weighted by Crippen LogP contribution is 2.39. The molecule has 2 aromatic carbocycles. The number of aliphatic hydroxyl groups excluding tert-OH is 1. The number of nitrogens with zero attached hydrogens (tertiary/aromatic N) is 2. The van der Waals surface area contributed by atoms with E-state index in [1.165, 1.54) is 18.1 Å². The minimum atomic E-state index is -0.603. The summed E-state index contributed by atoms with van der Waals surface area (Å²) in [5, 5.41) is 28.2. The Hall–Kier alpha value is -3.29. The van der Waals surface area contributed by atoms with Gasteiger partial charge in [0.1, 0.15) is 6.33 Å². The topological polar surface area (TPSA) is 159 Å². The summed E-state index contributed by atoms with van der Waals surface area (Å²) in [5.41, 5.74) is 4.89. The van der Waals surface area contributed by atoms with E-state index < -0.39 is 12.2 Å². The summed E-state index contributed by atoms with van der Waals surface area (Å²) in [6.45, 7) is -0.0161. The first-order valence-corrected chi connectivity index (χ1v) is 13.3. The molecule has 0 saturated carbocycles. The number of aromatic nitrogens is 3. The molecule has 1 fully saturated rings. The molecular weight excluding hydrogens is 510 g/mol. The number of H-pyrrole nitrogens is 1. The molecule has 0 aliphatic carbocycles. The number of ether oxygens (including phenoxy) is 2. The summed E-state index contributed by atoms with van der Waals surface area (Å²) in [4.78, 5) is 27.4. The van der Waals surface area contributed by atoms with Crippen LogP contribution in [-0.2, 0) is 25.7 Å². The van der Waals surface area contributed by atoms with Crippen LogP contribution in [0, 0.1) is 0 Å². The third-order valence-electron chi connectivity index (χ3n) is 6.06. The van der Waals surface area contributed by atoms with Crippen molar-refractivity contribution in [2.45, 2.75) is 62.4 Å². The van der Waals surface area contributed by atoms with Crippen molar-refractivity contribution in [3.8, 4) is 0 Å². The lowest BCUT2D eigenvalue weighted by Crippen LogP contribution is -2.31. The molecule has 5 N–H and O–H groups in total. The monoisotopic (exact) mass is 541 g/mol. The number of carbonyl (C=O) groups excluding carboxylic acids is 2. The van der Waals surface area contributed by atoms with Crippen molar-refractivity contribution in [3.05, 3.63) is 71.5 Å². The Labute approximate surface area is 224 Å². The van der Waals surface area contributed by atoms with Crippen molar-refractivity contribution in [2.75, 3.05) is 11.1 Å². The summed E-state index contributed by atoms with van der Waals surface area (Å²) in [6.07, 6.45) is 2.70. The lowest BCUT2D eigenvalue weighted by atomic mass is 10.0. The van der Waals surface area contributed by atoms with E-state index in [9.17, 15) is 14.7 Å². The number of amides is 2. The largest absolute Gasteiger partial charge is 0.392 e. The molecule has 0 radical (unpaired) electrons. The first kappa shape index (κ1) is 27.7. The van der Waals surface area contributed by atoms with Gasteiger partial charge in [-0.05, 0) is 36.1 Å². The molecule has 2 heterocycles. The lowest BCUT2D eigenvalue weighted by molar-refractivity contribution is -0.245. The van der Waals surface area contributed by atoms with Gasteiger partial charge in [-0.3, -0.25) is 19.9 Å². The maximum absolute atomic E-state index is 12.2. The second kappa shape index (κ2) is 14.0. The molecule has 1 aliphatic rings. The lowest BCUT2D eigenvalue weighted by Gasteiger charge is -2.36. The molecule has 38 heavy (non-hydrogen) atoms. The average Bonchev–Trinajstić information content (AvgIpc) is 3.48. The Morgan fingerprint density at radius 1 is 1.00 bits per heavy atom. The summed E-state index contributed by atoms with van der Waals surface area (Å²) >= 11 is 1.53. The minimum absolute atomic E-state index is 0.0161. The van der Waals surface area contributed by atoms with Gasteiger partial charge in [0.05, 0.1) is 18.8 Å². The number of hydroxylamine groups is 1. The van der Waals surface area contributed by atoms with Crippen LogP contribution >= 0.6 is 11.8 Å². The van der Waals surface area contributed by atoms with Crippen LogP contribution < -0.4 is 10.8 Å². The van der Waals surface area contributed by atoms with E-state index in [0.717, 1.165) is 21.8 Å². The molecule has 11 nitrogen and oxygen atoms in total. The maximum Gasteiger partial charge on any atom is 0.243 e. The van der Waals surface area contributed by atoms with Crippen molar-refractivity contribution in [1.29, 1.82) is 0 Å². The van der Waals surface area contributed by atoms with E-state index in [1.54, 1.807) is 17.6 Å². The number of benzene rings is 2. The van der Waals surface area contributed by atoms with Crippen LogP contribution in [-0.4, -0.2) is 49.2 Å². The predicted molar refractivity (Wildman–Crippen MR) is 139 cm³/mol. The van der Waals surface area contributed by atoms with Gasteiger partial charge in [0.15, 0.2) is 11.4 Å². The fraction of sp³-hybridized carbons (Fsp3) is 0.385. The number of unbranched alkanes of at least 4 members (excludes halogenated alkanes) is 1. The second-order valence-corrected chi connectivity index (χ2v) is 9.87. The highest BCUT2D eigenvalue weighted by atomic mass is 32.2. The molecule has 202 valence electrons. The zero-order valence-corrected chi connectivity index (χ0v) is 21.5. The van der Waals surface area contributed by atoms with Crippen molar-refractivity contribution < 1.29 is 29.4 Å². The minimum Gasteiger partial charge on any atom is -0.392 e. The second-order valence-electron chi connectivity index (χ2n) is 8.86. The molecule has 3 atom stereocenters. The van der Waals surface area contributed by atoms with E-state index in [4.69, 9.17) is 14.7 Å². The molecule has 1 aliphatic heterocycles. The third kappa shape index (κ3) is 8.10. The number of thioether (sulfide) groups is 1. The van der Waals surface area contributed by atoms with Crippen LogP contribution in [0.3, 0.4) is 0 Å². The molecule has 0 bridgehead atoms. The van der Waals surface area contributed by atoms with Gasteiger partial charge in [0, 0.05) is 36.3 Å². The van der Waals surface area contributed by atoms with E-state index in [-0.39, 0.29) is 37.6 Å². The molecule has 12 heteroatoms. The van der Waals surface area contributed by atoms with Crippen LogP contribution in [0.4, 0.5) is 5.69 Å². The van der Waals surface area contributed by atoms with Crippen LogP contribution in [0.25, 0.3) is 0 Å². The fourth-order valence-corrected chi connectivity index (χ4v) is 4.83. The van der Waals surface area contributed by atoms with Gasteiger partial charge in [0.25, 0.3) is 0 Å². The number of carbonyl (C=O) groups is 2. The molecule has 0 unspecified atom stereocenters. The molecule has 0 spiro atoms. The standard InChI is InChI=1S/C26H31N5O6S/c32-14-17-5-7-18(8-6-17)22-13-21(15-38-26-27-16-28-30-26)36-25(37-22)19-9-11-20(12-10-19)29-23(33)3-1-2-4-24(34)31-35/h5-12,16,21-22,25,32,35H,1-4,13-15H2,(H,29,33)(H,31,34)(H,27,28,30)/t21-,22+,25+/m0/s1. The number of hydrogen-bond donors (Lipinski definition) is 5. The van der Waals surface area contributed by atoms with Crippen molar-refractivity contribution in [2.24, 2.45) is 0 Å². The number of aromatic amines is 1. The van der Waals surface area contributed by atoms with Gasteiger partial charge in [0.2, 0.25) is 11.8 Å². The maximum atomic E-state index is 12.2. The van der Waals surface area contributed by atoms with Gasteiger partial charge in [-0.2, -0.15) is 5.10 Å². The van der Waals surface area contributed by atoms with Gasteiger partial charge in [-0.25, -0.2) is 10.5 Å². The summed E-state index contributed by atoms with van der Waals surface area (Å²) in [5.74, 6) is 0.0496. The molecular formula is C26H31N5O6S. The Morgan fingerprint density at radius 3 is 2.37 bits per heavy atom. The van der Waals surface area contributed by atoms with Gasteiger partial charge >= 0.3 is 0 Å². The summed E-state index contributed by atoms with van der Waals surface area (Å²) < 4.78 is 12.6. The molecule has 3 aromatic rings. The quantitative estimate of drug-likeness (QED) is 0.0999. The normalized spacial score (nSPS) is 19.2. The Kier molecular flexibility index (Phi) is 10.2. The zero-order valence-electron chi connectivity index (χ0n) is 20.7. The number of anilines is 1. The Morgan fingerprint density at radius 2 is 1.71 bits per heavy atom. The van der Waals surface area contributed by atoms with E-state index >= 15 is 0 Å². The number of rotatable bonds is 12.